The van der Waals surface area contributed by atoms with Gasteiger partial charge >= 0.3 is 0 Å². The van der Waals surface area contributed by atoms with Crippen molar-refractivity contribution in [2.45, 2.75) is 43.0 Å². The molecule has 1 saturated heterocycles. The molecule has 1 aliphatic rings. The van der Waals surface area contributed by atoms with Gasteiger partial charge in [-0.05, 0) is 62.2 Å². The fourth-order valence-electron chi connectivity index (χ4n) is 3.85. The summed E-state index contributed by atoms with van der Waals surface area (Å²) < 4.78 is 7.37. The average molecular weight is 409 g/mol. The van der Waals surface area contributed by atoms with E-state index in [0.29, 0.717) is 11.8 Å². The van der Waals surface area contributed by atoms with Crippen LogP contribution in [0.5, 0.6) is 5.75 Å². The number of hydrogen-bond donors (Lipinski definition) is 0. The van der Waals surface area contributed by atoms with E-state index in [-0.39, 0.29) is 0 Å². The van der Waals surface area contributed by atoms with Gasteiger partial charge in [0, 0.05) is 22.3 Å². The first kappa shape index (κ1) is 20.0. The smallest absolute Gasteiger partial charge is 0.137 e. The number of thioether (sulfide) groups is 1. The molecule has 0 bridgehead atoms. The molecule has 2 aromatic carbocycles. The topological polar surface area (TPSA) is 43.2 Å². The van der Waals surface area contributed by atoms with Crippen LogP contribution in [0.3, 0.4) is 0 Å². The fourth-order valence-corrected chi connectivity index (χ4v) is 5.07. The van der Waals surface area contributed by atoms with E-state index in [1.54, 1.807) is 19.8 Å². The van der Waals surface area contributed by atoms with Crippen molar-refractivity contribution in [1.29, 1.82) is 0 Å². The van der Waals surface area contributed by atoms with Crippen LogP contribution in [-0.2, 0) is 13.1 Å². The third-order valence-corrected chi connectivity index (χ3v) is 6.99. The maximum atomic E-state index is 5.54. The van der Waals surface area contributed by atoms with Crippen molar-refractivity contribution in [3.05, 3.63) is 71.8 Å². The molecule has 0 saturated carbocycles. The third kappa shape index (κ3) is 5.19. The van der Waals surface area contributed by atoms with Crippen LogP contribution in [0, 0.1) is 6.92 Å². The Hall–Kier alpha value is -2.31. The number of rotatable bonds is 7. The third-order valence-electron chi connectivity index (χ3n) is 5.47. The summed E-state index contributed by atoms with van der Waals surface area (Å²) in [4.78, 5) is 8.03. The normalized spacial score (nSPS) is 15.5. The molecule has 5 nitrogen and oxygen atoms in total. The van der Waals surface area contributed by atoms with E-state index in [4.69, 9.17) is 4.74 Å². The van der Waals surface area contributed by atoms with Gasteiger partial charge in [0.25, 0.3) is 0 Å². The molecule has 6 heteroatoms. The van der Waals surface area contributed by atoms with Crippen LogP contribution in [0.1, 0.15) is 29.5 Å². The first-order chi connectivity index (χ1) is 14.2. The summed E-state index contributed by atoms with van der Waals surface area (Å²) in [6.45, 7) is 6.16. The molecule has 0 amide bonds. The Morgan fingerprint density at radius 1 is 1.10 bits per heavy atom. The highest BCUT2D eigenvalue weighted by Crippen LogP contribution is 2.32. The van der Waals surface area contributed by atoms with Gasteiger partial charge < -0.3 is 4.74 Å². The van der Waals surface area contributed by atoms with Gasteiger partial charge in [-0.2, -0.15) is 5.10 Å². The minimum atomic E-state index is 0.673. The van der Waals surface area contributed by atoms with E-state index in [9.17, 15) is 0 Å². The number of benzene rings is 2. The second-order valence-corrected chi connectivity index (χ2v) is 8.94. The summed E-state index contributed by atoms with van der Waals surface area (Å²) in [7, 11) is 1.72. The summed E-state index contributed by atoms with van der Waals surface area (Å²) in [6.07, 6.45) is 5.78. The van der Waals surface area contributed by atoms with Gasteiger partial charge in [0.15, 0.2) is 0 Å². The molecule has 2 heterocycles. The van der Waals surface area contributed by atoms with Crippen molar-refractivity contribution in [2.75, 3.05) is 20.2 Å². The van der Waals surface area contributed by atoms with Gasteiger partial charge in [-0.15, -0.1) is 11.8 Å². The Labute approximate surface area is 177 Å². The molecule has 0 unspecified atom stereocenters. The van der Waals surface area contributed by atoms with Crippen molar-refractivity contribution in [2.24, 2.45) is 0 Å². The number of ether oxygens (including phenoxy) is 1. The van der Waals surface area contributed by atoms with Gasteiger partial charge in [-0.3, -0.25) is 4.90 Å². The van der Waals surface area contributed by atoms with Crippen LogP contribution in [0.2, 0.25) is 0 Å². The van der Waals surface area contributed by atoms with Crippen molar-refractivity contribution in [3.8, 4) is 5.75 Å². The molecular weight excluding hydrogens is 380 g/mol. The molecule has 4 rings (SSSR count). The molecule has 0 spiro atoms. The summed E-state index contributed by atoms with van der Waals surface area (Å²) >= 11 is 2.05. The number of hydrogen-bond acceptors (Lipinski definition) is 5. The first-order valence-electron chi connectivity index (χ1n) is 10.1. The highest BCUT2D eigenvalue weighted by molar-refractivity contribution is 8.00. The minimum absolute atomic E-state index is 0.673. The van der Waals surface area contributed by atoms with Crippen LogP contribution in [0.25, 0.3) is 0 Å². The summed E-state index contributed by atoms with van der Waals surface area (Å²) in [5.74, 6) is 0.901. The minimum Gasteiger partial charge on any atom is -0.496 e. The van der Waals surface area contributed by atoms with E-state index in [2.05, 4.69) is 76.1 Å². The number of methoxy groups -OCH3 is 1. The molecule has 0 radical (unpaired) electrons. The quantitative estimate of drug-likeness (QED) is 0.580. The van der Waals surface area contributed by atoms with Gasteiger partial charge in [-0.25, -0.2) is 9.67 Å². The molecule has 1 fully saturated rings. The molecule has 29 heavy (non-hydrogen) atoms. The molecule has 1 aliphatic heterocycles. The second-order valence-electron chi connectivity index (χ2n) is 7.60. The zero-order valence-corrected chi connectivity index (χ0v) is 17.9. The van der Waals surface area contributed by atoms with Gasteiger partial charge in [-0.1, -0.05) is 24.3 Å². The Balaban J connectivity index is 1.35. The summed E-state index contributed by atoms with van der Waals surface area (Å²) in [5.41, 5.74) is 3.85. The Morgan fingerprint density at radius 3 is 2.66 bits per heavy atom. The van der Waals surface area contributed by atoms with Crippen LogP contribution >= 0.6 is 11.8 Å². The summed E-state index contributed by atoms with van der Waals surface area (Å²) in [5, 5.41) is 4.93. The fraction of sp³-hybridized carbons (Fsp3) is 0.391. The SMILES string of the molecule is COc1ccc(CN2CCC(Sc3ccccc3C)CC2)cc1Cn1cncn1. The summed E-state index contributed by atoms with van der Waals surface area (Å²) in [6, 6.07) is 15.2. The number of likely N-dealkylation sites (tertiary alicyclic amines) is 1. The van der Waals surface area contributed by atoms with E-state index in [1.807, 2.05) is 4.68 Å². The second kappa shape index (κ2) is 9.46. The zero-order chi connectivity index (χ0) is 20.1. The standard InChI is InChI=1S/C23H28N4OS/c1-18-5-3-4-6-23(18)29-21-9-11-26(12-10-21)14-19-7-8-22(28-2)20(13-19)15-27-17-24-16-25-27/h3-8,13,16-17,21H,9-12,14-15H2,1-2H3. The Bertz CT molecular complexity index is 920. The largest absolute Gasteiger partial charge is 0.496 e. The molecule has 1 aromatic heterocycles. The van der Waals surface area contributed by atoms with E-state index in [1.165, 1.54) is 28.9 Å². The van der Waals surface area contributed by atoms with Crippen LogP contribution in [0.15, 0.2) is 60.0 Å². The molecule has 3 aromatic rings. The van der Waals surface area contributed by atoms with Crippen molar-refractivity contribution in [1.82, 2.24) is 19.7 Å². The first-order valence-corrected chi connectivity index (χ1v) is 11.0. The number of nitrogens with zero attached hydrogens (tertiary/aromatic N) is 4. The highest BCUT2D eigenvalue weighted by atomic mass is 32.2. The van der Waals surface area contributed by atoms with Gasteiger partial charge in [0.1, 0.15) is 18.4 Å². The van der Waals surface area contributed by atoms with Crippen molar-refractivity contribution >= 4 is 11.8 Å². The Kier molecular flexibility index (Phi) is 6.52. The monoisotopic (exact) mass is 408 g/mol. The molecule has 0 aliphatic carbocycles. The maximum Gasteiger partial charge on any atom is 0.137 e. The Morgan fingerprint density at radius 2 is 1.93 bits per heavy atom. The van der Waals surface area contributed by atoms with Crippen molar-refractivity contribution < 1.29 is 4.74 Å². The van der Waals surface area contributed by atoms with Crippen LogP contribution < -0.4 is 4.74 Å². The lowest BCUT2D eigenvalue weighted by Crippen LogP contribution is -2.34. The lowest BCUT2D eigenvalue weighted by atomic mass is 10.1. The lowest BCUT2D eigenvalue weighted by molar-refractivity contribution is 0.224. The maximum absolute atomic E-state index is 5.54. The average Bonchev–Trinajstić information content (AvgIpc) is 3.24. The highest BCUT2D eigenvalue weighted by Gasteiger charge is 2.21. The van der Waals surface area contributed by atoms with E-state index < -0.39 is 0 Å². The van der Waals surface area contributed by atoms with Gasteiger partial charge in [0.05, 0.1) is 13.7 Å². The molecule has 0 atom stereocenters. The number of aryl methyl sites for hydroxylation is 1. The lowest BCUT2D eigenvalue weighted by Gasteiger charge is -2.32. The van der Waals surface area contributed by atoms with E-state index >= 15 is 0 Å². The van der Waals surface area contributed by atoms with E-state index in [0.717, 1.165) is 30.9 Å². The zero-order valence-electron chi connectivity index (χ0n) is 17.1. The van der Waals surface area contributed by atoms with Crippen molar-refractivity contribution in [3.63, 3.8) is 0 Å². The molecular formula is C23H28N4OS. The number of aromatic nitrogens is 3. The predicted octanol–water partition coefficient (Wildman–Crippen LogP) is 4.40. The van der Waals surface area contributed by atoms with Crippen LogP contribution in [-0.4, -0.2) is 45.1 Å². The number of piperidine rings is 1. The molecule has 152 valence electrons. The van der Waals surface area contributed by atoms with Crippen LogP contribution in [0.4, 0.5) is 0 Å². The predicted molar refractivity (Wildman–Crippen MR) is 117 cm³/mol. The van der Waals surface area contributed by atoms with Gasteiger partial charge in [0.2, 0.25) is 0 Å². The molecule has 0 N–H and O–H groups in total.